The number of anilines is 2. The van der Waals surface area contributed by atoms with Crippen LogP contribution in [0.1, 0.15) is 38.2 Å². The normalized spacial score (nSPS) is 19.2. The summed E-state index contributed by atoms with van der Waals surface area (Å²) in [6, 6.07) is 17.1. The highest BCUT2D eigenvalue weighted by molar-refractivity contribution is 6.07. The Bertz CT molecular complexity index is 1040. The minimum atomic E-state index is -0.199. The number of allylic oxidation sites excluding steroid dienone is 3. The first-order chi connectivity index (χ1) is 14.5. The number of Topliss-reactive ketones (excluding diaryl/α,β-unsaturated/α-hetero) is 1. The Hall–Kier alpha value is -3.47. The van der Waals surface area contributed by atoms with E-state index in [0.29, 0.717) is 18.5 Å². The van der Waals surface area contributed by atoms with Gasteiger partial charge in [0.1, 0.15) is 0 Å². The van der Waals surface area contributed by atoms with Crippen molar-refractivity contribution < 1.29 is 14.4 Å². The highest BCUT2D eigenvalue weighted by Crippen LogP contribution is 2.39. The van der Waals surface area contributed by atoms with Crippen molar-refractivity contribution in [3.05, 3.63) is 77.5 Å². The Morgan fingerprint density at radius 1 is 1.03 bits per heavy atom. The lowest BCUT2D eigenvalue weighted by Gasteiger charge is -2.37. The molecule has 1 aliphatic heterocycles. The van der Waals surface area contributed by atoms with Crippen LogP contribution in [-0.2, 0) is 14.4 Å². The topological polar surface area (TPSA) is 66.5 Å². The SMILES string of the molecule is CC(=O)Nc1ccc(N2C(=O)CC(/C=C/c3ccccc3)C3=C2CCCC3=O)cc1. The van der Waals surface area contributed by atoms with E-state index in [2.05, 4.69) is 5.32 Å². The van der Waals surface area contributed by atoms with E-state index in [0.717, 1.165) is 28.9 Å². The van der Waals surface area contributed by atoms with Gasteiger partial charge in [0.15, 0.2) is 5.78 Å². The summed E-state index contributed by atoms with van der Waals surface area (Å²) in [5.41, 5.74) is 4.03. The third kappa shape index (κ3) is 4.10. The van der Waals surface area contributed by atoms with Crippen LogP contribution in [0, 0.1) is 5.92 Å². The monoisotopic (exact) mass is 400 g/mol. The second-order valence-corrected chi connectivity index (χ2v) is 7.67. The van der Waals surface area contributed by atoms with E-state index in [4.69, 9.17) is 0 Å². The van der Waals surface area contributed by atoms with Gasteiger partial charge in [0, 0.05) is 48.3 Å². The number of carbonyl (C=O) groups is 3. The molecule has 0 saturated heterocycles. The number of amides is 2. The predicted octanol–water partition coefficient (Wildman–Crippen LogP) is 4.72. The summed E-state index contributed by atoms with van der Waals surface area (Å²) in [6.45, 7) is 1.45. The molecule has 1 heterocycles. The van der Waals surface area contributed by atoms with Gasteiger partial charge in [-0.2, -0.15) is 0 Å². The molecule has 5 nitrogen and oxygen atoms in total. The first kappa shape index (κ1) is 19.8. The number of ketones is 1. The molecule has 30 heavy (non-hydrogen) atoms. The Kier molecular flexibility index (Phi) is 5.61. The molecule has 152 valence electrons. The van der Waals surface area contributed by atoms with Crippen LogP contribution in [0.5, 0.6) is 0 Å². The van der Waals surface area contributed by atoms with E-state index in [1.54, 1.807) is 17.0 Å². The van der Waals surface area contributed by atoms with Crippen molar-refractivity contribution in [2.75, 3.05) is 10.2 Å². The van der Waals surface area contributed by atoms with Crippen LogP contribution in [0.25, 0.3) is 6.08 Å². The first-order valence-electron chi connectivity index (χ1n) is 10.2. The summed E-state index contributed by atoms with van der Waals surface area (Å²) in [6.07, 6.45) is 6.22. The Morgan fingerprint density at radius 3 is 2.47 bits per heavy atom. The number of nitrogens with one attached hydrogen (secondary N) is 1. The third-order valence-corrected chi connectivity index (χ3v) is 5.48. The molecular weight excluding hydrogens is 376 g/mol. The number of hydrogen-bond acceptors (Lipinski definition) is 3. The highest BCUT2D eigenvalue weighted by atomic mass is 16.2. The van der Waals surface area contributed by atoms with Gasteiger partial charge in [0.2, 0.25) is 11.8 Å². The Morgan fingerprint density at radius 2 is 1.77 bits per heavy atom. The highest BCUT2D eigenvalue weighted by Gasteiger charge is 2.37. The summed E-state index contributed by atoms with van der Waals surface area (Å²) in [4.78, 5) is 38.9. The van der Waals surface area contributed by atoms with Crippen molar-refractivity contribution in [3.8, 4) is 0 Å². The van der Waals surface area contributed by atoms with Gasteiger partial charge in [0.05, 0.1) is 0 Å². The minimum Gasteiger partial charge on any atom is -0.326 e. The average Bonchev–Trinajstić information content (AvgIpc) is 2.73. The van der Waals surface area contributed by atoms with Gasteiger partial charge in [-0.05, 0) is 42.7 Å². The lowest BCUT2D eigenvalue weighted by atomic mass is 9.80. The fraction of sp³-hybridized carbons (Fsp3) is 0.240. The van der Waals surface area contributed by atoms with E-state index in [1.165, 1.54) is 6.92 Å². The van der Waals surface area contributed by atoms with Gasteiger partial charge in [0.25, 0.3) is 0 Å². The fourth-order valence-corrected chi connectivity index (χ4v) is 4.18. The number of nitrogens with zero attached hydrogens (tertiary/aromatic N) is 1. The maximum Gasteiger partial charge on any atom is 0.232 e. The molecule has 0 saturated carbocycles. The molecule has 1 unspecified atom stereocenters. The van der Waals surface area contributed by atoms with Crippen LogP contribution in [0.4, 0.5) is 11.4 Å². The van der Waals surface area contributed by atoms with Crippen LogP contribution in [0.15, 0.2) is 71.9 Å². The Labute approximate surface area is 176 Å². The molecule has 4 rings (SSSR count). The number of rotatable bonds is 4. The smallest absolute Gasteiger partial charge is 0.232 e. The Balaban J connectivity index is 1.68. The minimum absolute atomic E-state index is 0.0153. The van der Waals surface area contributed by atoms with Crippen LogP contribution in [-0.4, -0.2) is 17.6 Å². The molecule has 2 amide bonds. The molecule has 2 aromatic carbocycles. The molecule has 0 bridgehead atoms. The summed E-state index contributed by atoms with van der Waals surface area (Å²) < 4.78 is 0. The fourth-order valence-electron chi connectivity index (χ4n) is 4.18. The average molecular weight is 400 g/mol. The van der Waals surface area contributed by atoms with E-state index >= 15 is 0 Å². The van der Waals surface area contributed by atoms with Gasteiger partial charge in [-0.3, -0.25) is 19.3 Å². The van der Waals surface area contributed by atoms with Crippen molar-refractivity contribution in [2.24, 2.45) is 5.92 Å². The molecule has 0 radical (unpaired) electrons. The zero-order chi connectivity index (χ0) is 21.1. The molecule has 1 atom stereocenters. The summed E-state index contributed by atoms with van der Waals surface area (Å²) in [5, 5.41) is 2.73. The first-order valence-corrected chi connectivity index (χ1v) is 10.2. The van der Waals surface area contributed by atoms with E-state index in [-0.39, 0.29) is 29.9 Å². The second-order valence-electron chi connectivity index (χ2n) is 7.67. The number of carbonyl (C=O) groups excluding carboxylic acids is 3. The largest absolute Gasteiger partial charge is 0.326 e. The zero-order valence-corrected chi connectivity index (χ0v) is 16.9. The van der Waals surface area contributed by atoms with Crippen molar-refractivity contribution >= 4 is 35.0 Å². The maximum absolute atomic E-state index is 13.1. The van der Waals surface area contributed by atoms with Crippen molar-refractivity contribution in [3.63, 3.8) is 0 Å². The van der Waals surface area contributed by atoms with Gasteiger partial charge in [-0.1, -0.05) is 42.5 Å². The van der Waals surface area contributed by atoms with Crippen LogP contribution in [0.3, 0.4) is 0 Å². The molecule has 5 heteroatoms. The van der Waals surface area contributed by atoms with Crippen molar-refractivity contribution in [1.29, 1.82) is 0 Å². The summed E-state index contributed by atoms with van der Waals surface area (Å²) in [7, 11) is 0. The second kappa shape index (κ2) is 8.49. The van der Waals surface area contributed by atoms with Gasteiger partial charge < -0.3 is 5.32 Å². The van der Waals surface area contributed by atoms with Gasteiger partial charge in [-0.15, -0.1) is 0 Å². The standard InChI is InChI=1S/C25H24N2O3/c1-17(28)26-20-12-14-21(15-13-20)27-22-8-5-9-23(29)25(22)19(16-24(27)30)11-10-18-6-3-2-4-7-18/h2-4,6-7,10-15,19H,5,8-9,16H2,1H3,(H,26,28)/b11-10+. The third-order valence-electron chi connectivity index (χ3n) is 5.48. The van der Waals surface area contributed by atoms with Crippen LogP contribution < -0.4 is 10.2 Å². The predicted molar refractivity (Wildman–Crippen MR) is 118 cm³/mol. The molecular formula is C25H24N2O3. The summed E-state index contributed by atoms with van der Waals surface area (Å²) >= 11 is 0. The lowest BCUT2D eigenvalue weighted by Crippen LogP contribution is -2.40. The van der Waals surface area contributed by atoms with E-state index < -0.39 is 0 Å². The van der Waals surface area contributed by atoms with Gasteiger partial charge >= 0.3 is 0 Å². The van der Waals surface area contributed by atoms with Gasteiger partial charge in [-0.25, -0.2) is 0 Å². The molecule has 0 fully saturated rings. The molecule has 1 N–H and O–H groups in total. The molecule has 1 aliphatic carbocycles. The molecule has 0 spiro atoms. The van der Waals surface area contributed by atoms with Crippen LogP contribution >= 0.6 is 0 Å². The zero-order valence-electron chi connectivity index (χ0n) is 16.9. The van der Waals surface area contributed by atoms with Crippen LogP contribution in [0.2, 0.25) is 0 Å². The van der Waals surface area contributed by atoms with Crippen molar-refractivity contribution in [1.82, 2.24) is 0 Å². The molecule has 0 aromatic heterocycles. The van der Waals surface area contributed by atoms with E-state index in [1.807, 2.05) is 54.6 Å². The molecule has 2 aromatic rings. The molecule has 2 aliphatic rings. The van der Waals surface area contributed by atoms with E-state index in [9.17, 15) is 14.4 Å². The maximum atomic E-state index is 13.1. The number of benzene rings is 2. The lowest BCUT2D eigenvalue weighted by molar-refractivity contribution is -0.120. The van der Waals surface area contributed by atoms with Crippen molar-refractivity contribution in [2.45, 2.75) is 32.6 Å². The number of hydrogen-bond donors (Lipinski definition) is 1. The summed E-state index contributed by atoms with van der Waals surface area (Å²) in [5.74, 6) is -0.229. The quantitative estimate of drug-likeness (QED) is 0.808.